The van der Waals surface area contributed by atoms with Crippen molar-refractivity contribution >= 4 is 16.7 Å². The maximum atomic E-state index is 5.96. The van der Waals surface area contributed by atoms with Gasteiger partial charge in [-0.15, -0.1) is 0 Å². The average Bonchev–Trinajstić information content (AvgIpc) is 2.90. The summed E-state index contributed by atoms with van der Waals surface area (Å²) < 4.78 is 5.56. The largest absolute Gasteiger partial charge is 0.464 e. The van der Waals surface area contributed by atoms with E-state index >= 15 is 0 Å². The third-order valence-corrected chi connectivity index (χ3v) is 3.45. The van der Waals surface area contributed by atoms with E-state index in [-0.39, 0.29) is 6.04 Å². The van der Waals surface area contributed by atoms with Gasteiger partial charge in [-0.05, 0) is 24.1 Å². The second-order valence-corrected chi connectivity index (χ2v) is 4.69. The minimum Gasteiger partial charge on any atom is -0.464 e. The van der Waals surface area contributed by atoms with E-state index in [2.05, 4.69) is 10.4 Å². The molecule has 3 aromatic rings. The Morgan fingerprint density at radius 1 is 1.25 bits per heavy atom. The van der Waals surface area contributed by atoms with Crippen molar-refractivity contribution in [2.75, 3.05) is 5.73 Å². The standard InChI is InChI=1S/C15H16N4O/c16-13-5-6-18-8-10(13)7-14(19-17)12-9-20-15-4-2-1-3-11(12)15/h1-6,8-9,14,19H,7,17H2,(H2,16,18). The number of hydrogen-bond donors (Lipinski definition) is 3. The molecular formula is C15H16N4O. The molecule has 0 radical (unpaired) electrons. The molecule has 0 spiro atoms. The molecule has 5 heteroatoms. The molecule has 0 saturated carbocycles. The predicted octanol–water partition coefficient (Wildman–Crippen LogP) is 2.16. The Balaban J connectivity index is 1.96. The quantitative estimate of drug-likeness (QED) is 0.498. The zero-order valence-corrected chi connectivity index (χ0v) is 10.9. The van der Waals surface area contributed by atoms with Gasteiger partial charge >= 0.3 is 0 Å². The van der Waals surface area contributed by atoms with Crippen LogP contribution in [0.25, 0.3) is 11.0 Å². The summed E-state index contributed by atoms with van der Waals surface area (Å²) in [6, 6.07) is 9.59. The van der Waals surface area contributed by atoms with E-state index in [9.17, 15) is 0 Å². The lowest BCUT2D eigenvalue weighted by Gasteiger charge is -2.15. The highest BCUT2D eigenvalue weighted by molar-refractivity contribution is 5.81. The Hall–Kier alpha value is -2.37. The number of hydrazine groups is 1. The van der Waals surface area contributed by atoms with Crippen LogP contribution in [0.15, 0.2) is 53.4 Å². The minimum atomic E-state index is -0.0786. The van der Waals surface area contributed by atoms with Crippen LogP contribution >= 0.6 is 0 Å². The smallest absolute Gasteiger partial charge is 0.134 e. The number of nitrogens with one attached hydrogen (secondary N) is 1. The summed E-state index contributed by atoms with van der Waals surface area (Å²) in [5, 5.41) is 1.05. The van der Waals surface area contributed by atoms with Gasteiger partial charge in [0.2, 0.25) is 0 Å². The molecule has 20 heavy (non-hydrogen) atoms. The first-order chi connectivity index (χ1) is 9.79. The maximum absolute atomic E-state index is 5.96. The van der Waals surface area contributed by atoms with Gasteiger partial charge in [-0.1, -0.05) is 18.2 Å². The van der Waals surface area contributed by atoms with Gasteiger partial charge in [0, 0.05) is 29.0 Å². The number of rotatable bonds is 4. The Morgan fingerprint density at radius 3 is 2.90 bits per heavy atom. The Bertz CT molecular complexity index is 722. The van der Waals surface area contributed by atoms with E-state index in [0.29, 0.717) is 12.1 Å². The maximum Gasteiger partial charge on any atom is 0.134 e. The number of nitrogens with two attached hydrogens (primary N) is 2. The second kappa shape index (κ2) is 5.32. The van der Waals surface area contributed by atoms with Crippen molar-refractivity contribution < 1.29 is 4.42 Å². The number of pyridine rings is 1. The molecule has 5 N–H and O–H groups in total. The third-order valence-electron chi connectivity index (χ3n) is 3.45. The molecular weight excluding hydrogens is 252 g/mol. The van der Waals surface area contributed by atoms with Crippen molar-refractivity contribution in [2.45, 2.75) is 12.5 Å². The van der Waals surface area contributed by atoms with Crippen LogP contribution in [-0.4, -0.2) is 4.98 Å². The summed E-state index contributed by atoms with van der Waals surface area (Å²) >= 11 is 0. The SMILES string of the molecule is NNC(Cc1cnccc1N)c1coc2ccccc12. The lowest BCUT2D eigenvalue weighted by Crippen LogP contribution is -2.29. The highest BCUT2D eigenvalue weighted by atomic mass is 16.3. The number of fused-ring (bicyclic) bond motifs is 1. The molecule has 0 aliphatic carbocycles. The summed E-state index contributed by atoms with van der Waals surface area (Å²) in [5.74, 6) is 5.70. The number of aromatic nitrogens is 1. The van der Waals surface area contributed by atoms with Crippen LogP contribution < -0.4 is 17.0 Å². The monoisotopic (exact) mass is 268 g/mol. The summed E-state index contributed by atoms with van der Waals surface area (Å²) in [6.45, 7) is 0. The average molecular weight is 268 g/mol. The lowest BCUT2D eigenvalue weighted by molar-refractivity contribution is 0.536. The fourth-order valence-electron chi connectivity index (χ4n) is 2.36. The predicted molar refractivity (Wildman–Crippen MR) is 78.6 cm³/mol. The van der Waals surface area contributed by atoms with E-state index in [1.54, 1.807) is 24.7 Å². The van der Waals surface area contributed by atoms with Gasteiger partial charge in [0.05, 0.1) is 12.3 Å². The summed E-state index contributed by atoms with van der Waals surface area (Å²) in [5.41, 5.74) is 12.3. The molecule has 1 aromatic carbocycles. The first-order valence-electron chi connectivity index (χ1n) is 6.40. The number of benzene rings is 1. The first-order valence-corrected chi connectivity index (χ1v) is 6.40. The molecule has 0 saturated heterocycles. The van der Waals surface area contributed by atoms with Crippen LogP contribution in [0, 0.1) is 0 Å². The third kappa shape index (κ3) is 2.24. The van der Waals surface area contributed by atoms with E-state index in [0.717, 1.165) is 22.1 Å². The molecule has 3 rings (SSSR count). The summed E-state index contributed by atoms with van der Waals surface area (Å²) in [6.07, 6.45) is 5.83. The number of anilines is 1. The summed E-state index contributed by atoms with van der Waals surface area (Å²) in [4.78, 5) is 4.10. The molecule has 0 amide bonds. The molecule has 102 valence electrons. The Morgan fingerprint density at radius 2 is 2.10 bits per heavy atom. The fraction of sp³-hybridized carbons (Fsp3) is 0.133. The van der Waals surface area contributed by atoms with Crippen molar-refractivity contribution in [1.82, 2.24) is 10.4 Å². The fourth-order valence-corrected chi connectivity index (χ4v) is 2.36. The number of furan rings is 1. The molecule has 2 aromatic heterocycles. The molecule has 0 aliphatic heterocycles. The highest BCUT2D eigenvalue weighted by Gasteiger charge is 2.17. The van der Waals surface area contributed by atoms with Crippen LogP contribution in [-0.2, 0) is 6.42 Å². The van der Waals surface area contributed by atoms with Crippen LogP contribution in [0.1, 0.15) is 17.2 Å². The zero-order valence-electron chi connectivity index (χ0n) is 10.9. The Kier molecular flexibility index (Phi) is 3.37. The highest BCUT2D eigenvalue weighted by Crippen LogP contribution is 2.28. The molecule has 0 bridgehead atoms. The van der Waals surface area contributed by atoms with E-state index in [4.69, 9.17) is 16.0 Å². The van der Waals surface area contributed by atoms with Gasteiger partial charge in [-0.2, -0.15) is 0 Å². The number of nitrogens with zero attached hydrogens (tertiary/aromatic N) is 1. The number of hydrogen-bond acceptors (Lipinski definition) is 5. The molecule has 0 aliphatic rings. The van der Waals surface area contributed by atoms with Gasteiger partial charge in [0.1, 0.15) is 5.58 Å². The Labute approximate surface area is 116 Å². The van der Waals surface area contributed by atoms with E-state index < -0.39 is 0 Å². The van der Waals surface area contributed by atoms with Gasteiger partial charge in [0.15, 0.2) is 0 Å². The van der Waals surface area contributed by atoms with Crippen molar-refractivity contribution in [2.24, 2.45) is 5.84 Å². The van der Waals surface area contributed by atoms with Crippen molar-refractivity contribution in [1.29, 1.82) is 0 Å². The molecule has 5 nitrogen and oxygen atoms in total. The van der Waals surface area contributed by atoms with Crippen molar-refractivity contribution in [3.05, 3.63) is 60.1 Å². The molecule has 0 fully saturated rings. The van der Waals surface area contributed by atoms with E-state index in [1.165, 1.54) is 0 Å². The molecule has 1 unspecified atom stereocenters. The van der Waals surface area contributed by atoms with E-state index in [1.807, 2.05) is 24.3 Å². The lowest BCUT2D eigenvalue weighted by atomic mass is 9.99. The first kappa shape index (κ1) is 12.7. The summed E-state index contributed by atoms with van der Waals surface area (Å²) in [7, 11) is 0. The number of para-hydroxylation sites is 1. The van der Waals surface area contributed by atoms with Crippen LogP contribution in [0.4, 0.5) is 5.69 Å². The van der Waals surface area contributed by atoms with Gasteiger partial charge in [-0.25, -0.2) is 0 Å². The topological polar surface area (TPSA) is 90.1 Å². The van der Waals surface area contributed by atoms with Crippen LogP contribution in [0.2, 0.25) is 0 Å². The van der Waals surface area contributed by atoms with Crippen LogP contribution in [0.5, 0.6) is 0 Å². The van der Waals surface area contributed by atoms with Crippen LogP contribution in [0.3, 0.4) is 0 Å². The number of nitrogen functional groups attached to an aromatic ring is 1. The van der Waals surface area contributed by atoms with Gasteiger partial charge < -0.3 is 10.2 Å². The molecule has 1 atom stereocenters. The van der Waals surface area contributed by atoms with Crippen molar-refractivity contribution in [3.8, 4) is 0 Å². The van der Waals surface area contributed by atoms with Gasteiger partial charge in [-0.3, -0.25) is 16.3 Å². The zero-order chi connectivity index (χ0) is 13.9. The van der Waals surface area contributed by atoms with Gasteiger partial charge in [0.25, 0.3) is 0 Å². The minimum absolute atomic E-state index is 0.0786. The second-order valence-electron chi connectivity index (χ2n) is 4.69. The normalized spacial score (nSPS) is 12.7. The van der Waals surface area contributed by atoms with Crippen molar-refractivity contribution in [3.63, 3.8) is 0 Å². The molecule has 2 heterocycles.